The van der Waals surface area contributed by atoms with Gasteiger partial charge in [-0.3, -0.25) is 4.79 Å². The Labute approximate surface area is 215 Å². The summed E-state index contributed by atoms with van der Waals surface area (Å²) in [4.78, 5) is 21.9. The van der Waals surface area contributed by atoms with E-state index in [0.717, 1.165) is 39.3 Å². The molecule has 5 rings (SSSR count). The summed E-state index contributed by atoms with van der Waals surface area (Å²) in [6, 6.07) is 28.7. The molecule has 0 amide bonds. The molecule has 2 heterocycles. The van der Waals surface area contributed by atoms with Crippen LogP contribution in [0.25, 0.3) is 28.2 Å². The summed E-state index contributed by atoms with van der Waals surface area (Å²) >= 11 is 0. The summed E-state index contributed by atoms with van der Waals surface area (Å²) in [6.45, 7) is 0. The van der Waals surface area contributed by atoms with Crippen LogP contribution in [-0.4, -0.2) is 30.0 Å². The van der Waals surface area contributed by atoms with Gasteiger partial charge in [0.25, 0.3) is 0 Å². The van der Waals surface area contributed by atoms with Gasteiger partial charge >= 0.3 is 0 Å². The summed E-state index contributed by atoms with van der Waals surface area (Å²) in [6.07, 6.45) is 5.09. The highest BCUT2D eigenvalue weighted by atomic mass is 16.5. The summed E-state index contributed by atoms with van der Waals surface area (Å²) in [5.74, 6) is 2.16. The number of hydrogen-bond donors (Lipinski definition) is 1. The van der Waals surface area contributed by atoms with E-state index in [4.69, 9.17) is 14.5 Å². The number of fused-ring (bicyclic) bond motifs is 1. The largest absolute Gasteiger partial charge is 0.497 e. The second kappa shape index (κ2) is 10.7. The number of ether oxygens (including phenoxy) is 2. The first kappa shape index (κ1) is 23.8. The van der Waals surface area contributed by atoms with Gasteiger partial charge < -0.3 is 14.8 Å². The lowest BCUT2D eigenvalue weighted by Crippen LogP contribution is -2.00. The van der Waals surface area contributed by atoms with E-state index in [2.05, 4.69) is 16.4 Å². The molecule has 5 aromatic rings. The van der Waals surface area contributed by atoms with Gasteiger partial charge in [0.05, 0.1) is 14.2 Å². The Morgan fingerprint density at radius 1 is 0.838 bits per heavy atom. The molecule has 6 heteroatoms. The van der Waals surface area contributed by atoms with Crippen LogP contribution >= 0.6 is 0 Å². The zero-order chi connectivity index (χ0) is 25.6. The predicted molar refractivity (Wildman–Crippen MR) is 148 cm³/mol. The van der Waals surface area contributed by atoms with Crippen LogP contribution in [0.15, 0.2) is 103 Å². The van der Waals surface area contributed by atoms with Crippen LogP contribution < -0.4 is 14.8 Å². The van der Waals surface area contributed by atoms with E-state index in [1.54, 1.807) is 44.7 Å². The highest BCUT2D eigenvalue weighted by Crippen LogP contribution is 2.32. The van der Waals surface area contributed by atoms with Crippen LogP contribution in [0.4, 0.5) is 11.5 Å². The van der Waals surface area contributed by atoms with Crippen molar-refractivity contribution in [2.45, 2.75) is 0 Å². The van der Waals surface area contributed by atoms with Crippen molar-refractivity contribution in [2.24, 2.45) is 0 Å². The molecule has 0 aliphatic carbocycles. The van der Waals surface area contributed by atoms with Gasteiger partial charge in [0.2, 0.25) is 0 Å². The fourth-order valence-electron chi connectivity index (χ4n) is 3.93. The topological polar surface area (TPSA) is 73.3 Å². The molecule has 2 aromatic heterocycles. The maximum Gasteiger partial charge on any atom is 0.185 e. The lowest BCUT2D eigenvalue weighted by atomic mass is 10.0. The maximum absolute atomic E-state index is 12.7. The quantitative estimate of drug-likeness (QED) is 0.189. The number of aromatic nitrogens is 2. The van der Waals surface area contributed by atoms with Gasteiger partial charge in [-0.05, 0) is 83.9 Å². The molecule has 0 radical (unpaired) electrons. The van der Waals surface area contributed by atoms with E-state index in [1.807, 2.05) is 72.8 Å². The van der Waals surface area contributed by atoms with Crippen molar-refractivity contribution in [1.29, 1.82) is 0 Å². The number of nitrogens with zero attached hydrogens (tertiary/aromatic N) is 2. The molecule has 37 heavy (non-hydrogen) atoms. The van der Waals surface area contributed by atoms with Gasteiger partial charge in [-0.25, -0.2) is 9.97 Å². The van der Waals surface area contributed by atoms with E-state index in [0.29, 0.717) is 17.0 Å². The average Bonchev–Trinajstić information content (AvgIpc) is 2.96. The first-order valence-electron chi connectivity index (χ1n) is 11.8. The van der Waals surface area contributed by atoms with Crippen LogP contribution in [-0.2, 0) is 0 Å². The third kappa shape index (κ3) is 5.49. The Kier molecular flexibility index (Phi) is 6.90. The molecular weight excluding hydrogens is 462 g/mol. The van der Waals surface area contributed by atoms with Crippen LogP contribution in [0.2, 0.25) is 0 Å². The van der Waals surface area contributed by atoms with E-state index in [9.17, 15) is 4.79 Å². The van der Waals surface area contributed by atoms with E-state index < -0.39 is 0 Å². The van der Waals surface area contributed by atoms with Gasteiger partial charge in [-0.1, -0.05) is 30.3 Å². The van der Waals surface area contributed by atoms with E-state index in [-0.39, 0.29) is 5.78 Å². The molecule has 182 valence electrons. The Balaban J connectivity index is 1.38. The van der Waals surface area contributed by atoms with Crippen molar-refractivity contribution in [3.8, 4) is 22.6 Å². The molecule has 3 aromatic carbocycles. The molecule has 0 aliphatic rings. The normalized spacial score (nSPS) is 11.0. The number of benzene rings is 3. The number of allylic oxidation sites excluding steroid dienone is 1. The standard InChI is InChI=1S/C31H25N3O3/c1-36-26-14-5-21(6-15-26)7-18-29(35)23-8-12-25(13-9-23)33-31-28(22-10-16-27(37-2)17-11-22)20-24-4-3-19-32-30(24)34-31/h3-20H,1-2H3,(H,32,33,34)/b18-7+. The Bertz CT molecular complexity index is 1560. The molecular formula is C31H25N3O3. The van der Waals surface area contributed by atoms with Crippen LogP contribution in [0.1, 0.15) is 15.9 Å². The number of carbonyl (C=O) groups excluding carboxylic acids is 1. The Morgan fingerprint density at radius 3 is 2.19 bits per heavy atom. The first-order chi connectivity index (χ1) is 18.1. The molecule has 0 atom stereocenters. The van der Waals surface area contributed by atoms with Crippen molar-refractivity contribution in [3.63, 3.8) is 0 Å². The average molecular weight is 488 g/mol. The van der Waals surface area contributed by atoms with Gasteiger partial charge in [0.1, 0.15) is 17.3 Å². The number of anilines is 2. The van der Waals surface area contributed by atoms with Crippen molar-refractivity contribution < 1.29 is 14.3 Å². The maximum atomic E-state index is 12.7. The predicted octanol–water partition coefficient (Wildman–Crippen LogP) is 6.95. The molecule has 0 unspecified atom stereocenters. The molecule has 0 saturated heterocycles. The number of ketones is 1. The highest BCUT2D eigenvalue weighted by molar-refractivity contribution is 6.07. The monoisotopic (exact) mass is 487 g/mol. The lowest BCUT2D eigenvalue weighted by molar-refractivity contribution is 0.104. The van der Waals surface area contributed by atoms with Gasteiger partial charge in [-0.15, -0.1) is 0 Å². The van der Waals surface area contributed by atoms with Gasteiger partial charge in [-0.2, -0.15) is 0 Å². The Hall–Kier alpha value is -4.97. The fraction of sp³-hybridized carbons (Fsp3) is 0.0645. The number of nitrogens with one attached hydrogen (secondary N) is 1. The van der Waals surface area contributed by atoms with Crippen LogP contribution in [0.3, 0.4) is 0 Å². The number of methoxy groups -OCH3 is 2. The van der Waals surface area contributed by atoms with Crippen molar-refractivity contribution in [2.75, 3.05) is 19.5 Å². The summed E-state index contributed by atoms with van der Waals surface area (Å²) < 4.78 is 10.5. The lowest BCUT2D eigenvalue weighted by Gasteiger charge is -2.13. The molecule has 0 saturated carbocycles. The fourth-order valence-corrected chi connectivity index (χ4v) is 3.93. The molecule has 0 fully saturated rings. The number of hydrogen-bond acceptors (Lipinski definition) is 6. The number of pyridine rings is 2. The zero-order valence-corrected chi connectivity index (χ0v) is 20.5. The minimum atomic E-state index is -0.0747. The summed E-state index contributed by atoms with van der Waals surface area (Å²) in [5, 5.41) is 4.35. The van der Waals surface area contributed by atoms with E-state index >= 15 is 0 Å². The van der Waals surface area contributed by atoms with Crippen molar-refractivity contribution >= 4 is 34.4 Å². The second-order valence-electron chi connectivity index (χ2n) is 8.34. The zero-order valence-electron chi connectivity index (χ0n) is 20.5. The SMILES string of the molecule is COc1ccc(/C=C/C(=O)c2ccc(Nc3nc4ncccc4cc3-c3ccc(OC)cc3)cc2)cc1. The van der Waals surface area contributed by atoms with E-state index in [1.165, 1.54) is 0 Å². The first-order valence-corrected chi connectivity index (χ1v) is 11.8. The minimum absolute atomic E-state index is 0.0747. The molecule has 0 spiro atoms. The van der Waals surface area contributed by atoms with Crippen molar-refractivity contribution in [3.05, 3.63) is 114 Å². The summed E-state index contributed by atoms with van der Waals surface area (Å²) in [7, 11) is 3.27. The van der Waals surface area contributed by atoms with Gasteiger partial charge in [0.15, 0.2) is 11.4 Å². The molecule has 0 aliphatic heterocycles. The van der Waals surface area contributed by atoms with Crippen LogP contribution in [0, 0.1) is 0 Å². The van der Waals surface area contributed by atoms with Crippen molar-refractivity contribution in [1.82, 2.24) is 9.97 Å². The minimum Gasteiger partial charge on any atom is -0.497 e. The number of rotatable bonds is 8. The molecule has 6 nitrogen and oxygen atoms in total. The van der Waals surface area contributed by atoms with Crippen LogP contribution in [0.5, 0.6) is 11.5 Å². The highest BCUT2D eigenvalue weighted by Gasteiger charge is 2.11. The summed E-state index contributed by atoms with van der Waals surface area (Å²) in [5.41, 5.74) is 4.92. The smallest absolute Gasteiger partial charge is 0.185 e. The Morgan fingerprint density at radius 2 is 1.51 bits per heavy atom. The van der Waals surface area contributed by atoms with Gasteiger partial charge in [0, 0.05) is 28.4 Å². The number of carbonyl (C=O) groups is 1. The molecule has 0 bridgehead atoms. The second-order valence-corrected chi connectivity index (χ2v) is 8.34. The third-order valence-electron chi connectivity index (χ3n) is 5.97. The third-order valence-corrected chi connectivity index (χ3v) is 5.97. The molecule has 1 N–H and O–H groups in total.